The Kier molecular flexibility index (Phi) is 3.41. The molecule has 0 atom stereocenters. The molecule has 1 aromatic heterocycles. The summed E-state index contributed by atoms with van der Waals surface area (Å²) >= 11 is 9.10. The van der Waals surface area contributed by atoms with Crippen LogP contribution in [0.2, 0.25) is 5.15 Å². The number of benzene rings is 1. The molecule has 0 aliphatic heterocycles. The molecule has 2 rings (SSSR count). The van der Waals surface area contributed by atoms with Crippen LogP contribution in [0.4, 0.5) is 11.5 Å². The third kappa shape index (κ3) is 2.71. The van der Waals surface area contributed by atoms with Crippen molar-refractivity contribution in [3.63, 3.8) is 0 Å². The average molecular weight is 299 g/mol. The van der Waals surface area contributed by atoms with Gasteiger partial charge < -0.3 is 5.32 Å². The van der Waals surface area contributed by atoms with E-state index in [-0.39, 0.29) is 0 Å². The second-order valence-corrected chi connectivity index (χ2v) is 4.57. The fraction of sp³-hybridized carbons (Fsp3) is 0.0909. The molecule has 1 aromatic carbocycles. The van der Waals surface area contributed by atoms with Gasteiger partial charge >= 0.3 is 0 Å². The van der Waals surface area contributed by atoms with Crippen LogP contribution in [0.25, 0.3) is 0 Å². The topological polar surface area (TPSA) is 37.8 Å². The molecule has 0 unspecified atom stereocenters. The molecular weight excluding hydrogens is 289 g/mol. The number of halogens is 2. The van der Waals surface area contributed by atoms with E-state index < -0.39 is 0 Å². The van der Waals surface area contributed by atoms with Crippen molar-refractivity contribution in [2.24, 2.45) is 0 Å². The maximum atomic E-state index is 5.65. The van der Waals surface area contributed by atoms with Crippen LogP contribution in [0.3, 0.4) is 0 Å². The zero-order valence-corrected chi connectivity index (χ0v) is 10.9. The van der Waals surface area contributed by atoms with Gasteiger partial charge in [-0.2, -0.15) is 0 Å². The maximum absolute atomic E-state index is 5.65. The lowest BCUT2D eigenvalue weighted by Crippen LogP contribution is -1.95. The van der Waals surface area contributed by atoms with Crippen molar-refractivity contribution in [2.75, 3.05) is 5.32 Å². The molecule has 0 amide bonds. The quantitative estimate of drug-likeness (QED) is 0.912. The predicted molar refractivity (Wildman–Crippen MR) is 69.2 cm³/mol. The van der Waals surface area contributed by atoms with Gasteiger partial charge in [0.05, 0.1) is 0 Å². The van der Waals surface area contributed by atoms with Crippen molar-refractivity contribution >= 4 is 39.0 Å². The van der Waals surface area contributed by atoms with Crippen LogP contribution in [0, 0.1) is 6.92 Å². The highest BCUT2D eigenvalue weighted by atomic mass is 79.9. The number of nitrogens with one attached hydrogen (secondary N) is 1. The van der Waals surface area contributed by atoms with Gasteiger partial charge in [0.25, 0.3) is 0 Å². The third-order valence-corrected chi connectivity index (χ3v) is 3.15. The Morgan fingerprint density at radius 1 is 1.19 bits per heavy atom. The van der Waals surface area contributed by atoms with Crippen LogP contribution in [-0.2, 0) is 0 Å². The predicted octanol–water partition coefficient (Wildman–Crippen LogP) is 3.94. The molecule has 0 aliphatic carbocycles. The van der Waals surface area contributed by atoms with Crippen molar-refractivity contribution in [3.05, 3.63) is 45.5 Å². The van der Waals surface area contributed by atoms with Gasteiger partial charge in [0.1, 0.15) is 0 Å². The molecule has 2 aromatic rings. The van der Waals surface area contributed by atoms with E-state index in [1.807, 2.05) is 25.1 Å². The highest BCUT2D eigenvalue weighted by molar-refractivity contribution is 9.10. The molecular formula is C11H9BrClN3. The minimum atomic E-state index is 0.387. The lowest BCUT2D eigenvalue weighted by atomic mass is 10.2. The zero-order chi connectivity index (χ0) is 11.5. The number of anilines is 2. The van der Waals surface area contributed by atoms with Crippen LogP contribution in [0.15, 0.2) is 34.8 Å². The number of rotatable bonds is 2. The van der Waals surface area contributed by atoms with E-state index in [0.29, 0.717) is 11.0 Å². The Morgan fingerprint density at radius 2 is 2.00 bits per heavy atom. The molecule has 5 heteroatoms. The first-order valence-electron chi connectivity index (χ1n) is 4.67. The van der Waals surface area contributed by atoms with E-state index in [0.717, 1.165) is 15.7 Å². The standard InChI is InChI=1S/C11H9BrClN3/c1-7-6-8(2-3-9(7)12)14-11-5-4-10(13)15-16-11/h2-6H,1H3,(H,14,16). The van der Waals surface area contributed by atoms with Crippen molar-refractivity contribution < 1.29 is 0 Å². The Bertz CT molecular complexity index is 499. The lowest BCUT2D eigenvalue weighted by molar-refractivity contribution is 1.04. The summed E-state index contributed by atoms with van der Waals surface area (Å²) in [6, 6.07) is 9.46. The maximum Gasteiger partial charge on any atom is 0.153 e. The molecule has 0 aliphatic rings. The van der Waals surface area contributed by atoms with Gasteiger partial charge in [0.15, 0.2) is 11.0 Å². The van der Waals surface area contributed by atoms with Gasteiger partial charge in [-0.25, -0.2) is 0 Å². The van der Waals surface area contributed by atoms with Gasteiger partial charge in [-0.3, -0.25) is 0 Å². The Hall–Kier alpha value is -1.13. The fourth-order valence-electron chi connectivity index (χ4n) is 1.25. The molecule has 0 saturated carbocycles. The first-order valence-corrected chi connectivity index (χ1v) is 5.84. The Morgan fingerprint density at radius 3 is 2.62 bits per heavy atom. The molecule has 0 spiro atoms. The summed E-state index contributed by atoms with van der Waals surface area (Å²) in [6.07, 6.45) is 0. The molecule has 0 bridgehead atoms. The number of hydrogen-bond acceptors (Lipinski definition) is 3. The van der Waals surface area contributed by atoms with Crippen molar-refractivity contribution in [1.29, 1.82) is 0 Å². The summed E-state index contributed by atoms with van der Waals surface area (Å²) in [5.41, 5.74) is 2.13. The Balaban J connectivity index is 2.20. The number of nitrogens with zero attached hydrogens (tertiary/aromatic N) is 2. The minimum Gasteiger partial charge on any atom is -0.339 e. The molecule has 0 radical (unpaired) electrons. The van der Waals surface area contributed by atoms with Crippen LogP contribution in [0.5, 0.6) is 0 Å². The molecule has 1 heterocycles. The summed E-state index contributed by atoms with van der Waals surface area (Å²) < 4.78 is 1.08. The molecule has 0 fully saturated rings. The largest absolute Gasteiger partial charge is 0.339 e. The molecule has 0 saturated heterocycles. The van der Waals surface area contributed by atoms with Crippen molar-refractivity contribution in [3.8, 4) is 0 Å². The monoisotopic (exact) mass is 297 g/mol. The molecule has 82 valence electrons. The third-order valence-electron chi connectivity index (χ3n) is 2.06. The van der Waals surface area contributed by atoms with Crippen molar-refractivity contribution in [2.45, 2.75) is 6.92 Å². The molecule has 1 N–H and O–H groups in total. The van der Waals surface area contributed by atoms with Crippen molar-refractivity contribution in [1.82, 2.24) is 10.2 Å². The van der Waals surface area contributed by atoms with Crippen LogP contribution < -0.4 is 5.32 Å². The summed E-state index contributed by atoms with van der Waals surface area (Å²) in [5, 5.41) is 11.2. The van der Waals surface area contributed by atoms with Crippen LogP contribution in [-0.4, -0.2) is 10.2 Å². The second-order valence-electron chi connectivity index (χ2n) is 3.33. The summed E-state index contributed by atoms with van der Waals surface area (Å²) in [5.74, 6) is 0.672. The fourth-order valence-corrected chi connectivity index (χ4v) is 1.60. The van der Waals surface area contributed by atoms with E-state index >= 15 is 0 Å². The highest BCUT2D eigenvalue weighted by Gasteiger charge is 1.99. The van der Waals surface area contributed by atoms with Gasteiger partial charge in [0, 0.05) is 10.2 Å². The average Bonchev–Trinajstić information content (AvgIpc) is 2.27. The van der Waals surface area contributed by atoms with Crippen LogP contribution >= 0.6 is 27.5 Å². The molecule has 3 nitrogen and oxygen atoms in total. The summed E-state index contributed by atoms with van der Waals surface area (Å²) in [4.78, 5) is 0. The number of aryl methyl sites for hydroxylation is 1. The van der Waals surface area contributed by atoms with Crippen LogP contribution in [0.1, 0.15) is 5.56 Å². The first-order chi connectivity index (χ1) is 7.65. The van der Waals surface area contributed by atoms with Gasteiger partial charge in [-0.05, 0) is 42.8 Å². The molecule has 16 heavy (non-hydrogen) atoms. The first kappa shape index (κ1) is 11.4. The highest BCUT2D eigenvalue weighted by Crippen LogP contribution is 2.22. The summed E-state index contributed by atoms with van der Waals surface area (Å²) in [6.45, 7) is 2.03. The summed E-state index contributed by atoms with van der Waals surface area (Å²) in [7, 11) is 0. The normalized spacial score (nSPS) is 10.2. The SMILES string of the molecule is Cc1cc(Nc2ccc(Cl)nn2)ccc1Br. The minimum absolute atomic E-state index is 0.387. The van der Waals surface area contributed by atoms with E-state index in [9.17, 15) is 0 Å². The van der Waals surface area contributed by atoms with Gasteiger partial charge in [-0.1, -0.05) is 27.5 Å². The van der Waals surface area contributed by atoms with E-state index in [2.05, 4.69) is 31.4 Å². The van der Waals surface area contributed by atoms with E-state index in [4.69, 9.17) is 11.6 Å². The number of aromatic nitrogens is 2. The van der Waals surface area contributed by atoms with Gasteiger partial charge in [-0.15, -0.1) is 10.2 Å². The smallest absolute Gasteiger partial charge is 0.153 e. The Labute approximate surface area is 107 Å². The van der Waals surface area contributed by atoms with Gasteiger partial charge in [0.2, 0.25) is 0 Å². The number of hydrogen-bond donors (Lipinski definition) is 1. The van der Waals surface area contributed by atoms with E-state index in [1.54, 1.807) is 12.1 Å². The zero-order valence-electron chi connectivity index (χ0n) is 8.54. The van der Waals surface area contributed by atoms with E-state index in [1.165, 1.54) is 0 Å². The second kappa shape index (κ2) is 4.80. The lowest BCUT2D eigenvalue weighted by Gasteiger charge is -2.06.